The summed E-state index contributed by atoms with van der Waals surface area (Å²) < 4.78 is 52.1. The number of methoxy groups -OCH3 is 2. The Balaban J connectivity index is 1.70. The SMILES string of the molecule is COc1cc2c(cc1OC)C(c1cccs1)N(C(=O)c1ccc(OC(F)(F)F)cc1)CC2. The van der Waals surface area contributed by atoms with Gasteiger partial charge in [0, 0.05) is 17.0 Å². The molecular formula is C23H20F3NO4S. The first-order chi connectivity index (χ1) is 15.3. The lowest BCUT2D eigenvalue weighted by Crippen LogP contribution is -2.40. The molecule has 4 rings (SSSR count). The molecule has 1 unspecified atom stereocenters. The molecule has 1 aliphatic rings. The van der Waals surface area contributed by atoms with Gasteiger partial charge in [0.1, 0.15) is 5.75 Å². The fraction of sp³-hybridized carbons (Fsp3) is 0.261. The highest BCUT2D eigenvalue weighted by atomic mass is 32.1. The summed E-state index contributed by atoms with van der Waals surface area (Å²) in [4.78, 5) is 16.1. The predicted octanol–water partition coefficient (Wildman–Crippen LogP) is 5.45. The average Bonchev–Trinajstić information content (AvgIpc) is 3.30. The van der Waals surface area contributed by atoms with Gasteiger partial charge in [-0.15, -0.1) is 24.5 Å². The highest BCUT2D eigenvalue weighted by Crippen LogP contribution is 2.42. The predicted molar refractivity (Wildman–Crippen MR) is 114 cm³/mol. The van der Waals surface area contributed by atoms with Gasteiger partial charge in [-0.25, -0.2) is 0 Å². The maximum Gasteiger partial charge on any atom is 0.573 e. The van der Waals surface area contributed by atoms with Crippen molar-refractivity contribution in [2.24, 2.45) is 0 Å². The number of carbonyl (C=O) groups is 1. The zero-order valence-electron chi connectivity index (χ0n) is 17.3. The third-order valence-corrected chi connectivity index (χ3v) is 6.21. The van der Waals surface area contributed by atoms with E-state index in [9.17, 15) is 18.0 Å². The van der Waals surface area contributed by atoms with Gasteiger partial charge in [0.2, 0.25) is 0 Å². The molecule has 1 atom stereocenters. The largest absolute Gasteiger partial charge is 0.573 e. The monoisotopic (exact) mass is 463 g/mol. The van der Waals surface area contributed by atoms with Crippen molar-refractivity contribution in [2.75, 3.05) is 20.8 Å². The van der Waals surface area contributed by atoms with Crippen molar-refractivity contribution in [3.8, 4) is 17.2 Å². The van der Waals surface area contributed by atoms with Crippen LogP contribution in [0.25, 0.3) is 0 Å². The fourth-order valence-electron chi connectivity index (χ4n) is 3.88. The van der Waals surface area contributed by atoms with Crippen LogP contribution in [0, 0.1) is 0 Å². The number of hydrogen-bond acceptors (Lipinski definition) is 5. The number of carbonyl (C=O) groups excluding carboxylic acids is 1. The lowest BCUT2D eigenvalue weighted by Gasteiger charge is -2.37. The maximum atomic E-state index is 13.4. The van der Waals surface area contributed by atoms with Gasteiger partial charge in [0.05, 0.1) is 20.3 Å². The van der Waals surface area contributed by atoms with Crippen molar-refractivity contribution in [3.05, 3.63) is 75.5 Å². The van der Waals surface area contributed by atoms with E-state index < -0.39 is 6.36 Å². The van der Waals surface area contributed by atoms with E-state index in [-0.39, 0.29) is 23.3 Å². The highest BCUT2D eigenvalue weighted by Gasteiger charge is 2.35. The van der Waals surface area contributed by atoms with E-state index in [1.807, 2.05) is 29.6 Å². The Morgan fingerprint density at radius 1 is 1.06 bits per heavy atom. The molecule has 0 bridgehead atoms. The molecule has 1 amide bonds. The molecule has 0 radical (unpaired) electrons. The third kappa shape index (κ3) is 4.38. The zero-order valence-corrected chi connectivity index (χ0v) is 18.1. The molecule has 1 aromatic heterocycles. The molecule has 0 saturated carbocycles. The van der Waals surface area contributed by atoms with E-state index in [1.54, 1.807) is 19.1 Å². The average molecular weight is 463 g/mol. The van der Waals surface area contributed by atoms with Crippen LogP contribution >= 0.6 is 11.3 Å². The molecule has 0 N–H and O–H groups in total. The van der Waals surface area contributed by atoms with Crippen molar-refractivity contribution < 1.29 is 32.2 Å². The quantitative estimate of drug-likeness (QED) is 0.505. The zero-order chi connectivity index (χ0) is 22.9. The van der Waals surface area contributed by atoms with Crippen molar-refractivity contribution >= 4 is 17.2 Å². The molecule has 2 heterocycles. The number of amides is 1. The Morgan fingerprint density at radius 3 is 2.34 bits per heavy atom. The van der Waals surface area contributed by atoms with Crippen LogP contribution in [-0.2, 0) is 6.42 Å². The lowest BCUT2D eigenvalue weighted by atomic mass is 9.90. The van der Waals surface area contributed by atoms with Gasteiger partial charge >= 0.3 is 6.36 Å². The van der Waals surface area contributed by atoms with Crippen LogP contribution in [0.5, 0.6) is 17.2 Å². The van der Waals surface area contributed by atoms with Gasteiger partial charge in [-0.2, -0.15) is 0 Å². The van der Waals surface area contributed by atoms with Crippen LogP contribution in [0.15, 0.2) is 53.9 Å². The summed E-state index contributed by atoms with van der Waals surface area (Å²) in [7, 11) is 3.13. The van der Waals surface area contributed by atoms with Crippen LogP contribution in [-0.4, -0.2) is 37.9 Å². The van der Waals surface area contributed by atoms with Crippen molar-refractivity contribution in [1.29, 1.82) is 0 Å². The summed E-state index contributed by atoms with van der Waals surface area (Å²) in [5, 5.41) is 1.94. The standard InChI is InChI=1S/C23H20F3NO4S/c1-29-18-12-15-9-10-27(21(20-4-3-11-32-20)17(15)13-19(18)30-2)22(28)14-5-7-16(8-6-14)31-23(24,25)26/h3-8,11-13,21H,9-10H2,1-2H3. The van der Waals surface area contributed by atoms with Crippen LogP contribution in [0.3, 0.4) is 0 Å². The summed E-state index contributed by atoms with van der Waals surface area (Å²) >= 11 is 1.53. The number of benzene rings is 2. The Kier molecular flexibility index (Phi) is 6.01. The van der Waals surface area contributed by atoms with Gasteiger partial charge < -0.3 is 19.1 Å². The van der Waals surface area contributed by atoms with E-state index >= 15 is 0 Å². The molecule has 5 nitrogen and oxygen atoms in total. The molecule has 9 heteroatoms. The molecule has 2 aromatic carbocycles. The summed E-state index contributed by atoms with van der Waals surface area (Å²) in [5.41, 5.74) is 2.27. The molecule has 32 heavy (non-hydrogen) atoms. The molecule has 1 aliphatic heterocycles. The second-order valence-corrected chi connectivity index (χ2v) is 8.12. The van der Waals surface area contributed by atoms with Crippen molar-refractivity contribution in [2.45, 2.75) is 18.8 Å². The first kappa shape index (κ1) is 22.0. The Hall–Kier alpha value is -3.20. The molecule has 0 spiro atoms. The lowest BCUT2D eigenvalue weighted by molar-refractivity contribution is -0.274. The van der Waals surface area contributed by atoms with Crippen molar-refractivity contribution in [3.63, 3.8) is 0 Å². The first-order valence-electron chi connectivity index (χ1n) is 9.75. The number of halogens is 3. The maximum absolute atomic E-state index is 13.4. The minimum absolute atomic E-state index is 0.276. The molecule has 0 saturated heterocycles. The van der Waals surface area contributed by atoms with Gasteiger partial charge in [-0.1, -0.05) is 6.07 Å². The molecule has 0 aliphatic carbocycles. The Morgan fingerprint density at radius 2 is 1.75 bits per heavy atom. The van der Waals surface area contributed by atoms with E-state index in [2.05, 4.69) is 4.74 Å². The van der Waals surface area contributed by atoms with Crippen LogP contribution in [0.2, 0.25) is 0 Å². The van der Waals surface area contributed by atoms with Crippen LogP contribution in [0.1, 0.15) is 32.4 Å². The second-order valence-electron chi connectivity index (χ2n) is 7.14. The van der Waals surface area contributed by atoms with Gasteiger partial charge in [0.15, 0.2) is 11.5 Å². The summed E-state index contributed by atoms with van der Waals surface area (Å²) in [6.07, 6.45) is -4.18. The van der Waals surface area contributed by atoms with E-state index in [0.29, 0.717) is 24.5 Å². The highest BCUT2D eigenvalue weighted by molar-refractivity contribution is 7.10. The van der Waals surface area contributed by atoms with Crippen molar-refractivity contribution in [1.82, 2.24) is 4.90 Å². The minimum atomic E-state index is -4.79. The normalized spacial score (nSPS) is 15.8. The number of alkyl halides is 3. The number of ether oxygens (including phenoxy) is 3. The molecule has 0 fully saturated rings. The van der Waals surface area contributed by atoms with Crippen LogP contribution in [0.4, 0.5) is 13.2 Å². The first-order valence-corrected chi connectivity index (χ1v) is 10.6. The molecule has 3 aromatic rings. The third-order valence-electron chi connectivity index (χ3n) is 5.28. The van der Waals surface area contributed by atoms with E-state index in [1.165, 1.54) is 23.5 Å². The fourth-order valence-corrected chi connectivity index (χ4v) is 4.74. The molecular weight excluding hydrogens is 443 g/mol. The van der Waals surface area contributed by atoms with Gasteiger partial charge in [-0.3, -0.25) is 4.79 Å². The summed E-state index contributed by atoms with van der Waals surface area (Å²) in [5.74, 6) is 0.541. The minimum Gasteiger partial charge on any atom is -0.493 e. The summed E-state index contributed by atoms with van der Waals surface area (Å²) in [6, 6.07) is 12.3. The molecule has 168 valence electrons. The van der Waals surface area contributed by atoms with E-state index in [4.69, 9.17) is 9.47 Å². The van der Waals surface area contributed by atoms with E-state index in [0.717, 1.165) is 28.1 Å². The number of fused-ring (bicyclic) bond motifs is 1. The number of hydrogen-bond donors (Lipinski definition) is 0. The Labute approximate surface area is 186 Å². The number of rotatable bonds is 5. The smallest absolute Gasteiger partial charge is 0.493 e. The number of nitrogens with zero attached hydrogens (tertiary/aromatic N) is 1. The second kappa shape index (κ2) is 8.74. The Bertz CT molecular complexity index is 1100. The summed E-state index contributed by atoms with van der Waals surface area (Å²) in [6.45, 7) is 0.449. The van der Waals surface area contributed by atoms with Gasteiger partial charge in [0.25, 0.3) is 5.91 Å². The van der Waals surface area contributed by atoms with Crippen LogP contribution < -0.4 is 14.2 Å². The topological polar surface area (TPSA) is 48.0 Å². The number of thiophene rings is 1. The van der Waals surface area contributed by atoms with Gasteiger partial charge in [-0.05, 0) is 65.4 Å².